The van der Waals surface area contributed by atoms with E-state index < -0.39 is 0 Å². The molecule has 0 fully saturated rings. The Hall–Kier alpha value is -1.06. The minimum atomic E-state index is 0.339. The molecular formula is C17H20BrNO. The van der Waals surface area contributed by atoms with E-state index in [0.29, 0.717) is 6.04 Å². The van der Waals surface area contributed by atoms with Crippen molar-refractivity contribution in [1.82, 2.24) is 5.32 Å². The Morgan fingerprint density at radius 3 is 2.70 bits per heavy atom. The maximum atomic E-state index is 5.51. The molecule has 0 saturated heterocycles. The summed E-state index contributed by atoms with van der Waals surface area (Å²) in [6.07, 6.45) is 5.16. The van der Waals surface area contributed by atoms with Crippen molar-refractivity contribution in [2.75, 3.05) is 0 Å². The maximum absolute atomic E-state index is 5.51. The third kappa shape index (κ3) is 3.15. The van der Waals surface area contributed by atoms with Crippen molar-refractivity contribution >= 4 is 15.9 Å². The van der Waals surface area contributed by atoms with Crippen molar-refractivity contribution in [3.63, 3.8) is 0 Å². The summed E-state index contributed by atoms with van der Waals surface area (Å²) >= 11 is 3.33. The maximum Gasteiger partial charge on any atom is 0.169 e. The van der Waals surface area contributed by atoms with Crippen molar-refractivity contribution in [2.24, 2.45) is 0 Å². The second kappa shape index (κ2) is 6.15. The number of benzene rings is 1. The van der Waals surface area contributed by atoms with Crippen LogP contribution in [0.3, 0.4) is 0 Å². The molecule has 0 spiro atoms. The summed E-state index contributed by atoms with van der Waals surface area (Å²) in [5.41, 5.74) is 4.46. The molecule has 1 aromatic heterocycles. The van der Waals surface area contributed by atoms with Gasteiger partial charge in [-0.05, 0) is 77.4 Å². The Balaban J connectivity index is 1.66. The lowest BCUT2D eigenvalue weighted by Gasteiger charge is -2.19. The molecule has 0 aliphatic heterocycles. The molecule has 3 heteroatoms. The molecule has 1 atom stereocenters. The molecular weight excluding hydrogens is 314 g/mol. The van der Waals surface area contributed by atoms with Gasteiger partial charge in [0.15, 0.2) is 4.67 Å². The molecule has 2 aromatic rings. The van der Waals surface area contributed by atoms with Crippen LogP contribution in [-0.4, -0.2) is 0 Å². The monoisotopic (exact) mass is 333 g/mol. The van der Waals surface area contributed by atoms with Crippen LogP contribution < -0.4 is 5.32 Å². The standard InChI is InChI=1S/C17H20BrNO/c1-12(19-11-16-8-9-17(18)20-16)14-7-6-13-4-2-3-5-15(13)10-14/h6-10,12,19H,2-5,11H2,1H3. The Morgan fingerprint density at radius 1 is 1.15 bits per heavy atom. The van der Waals surface area contributed by atoms with E-state index in [-0.39, 0.29) is 0 Å². The van der Waals surface area contributed by atoms with Gasteiger partial charge in [-0.15, -0.1) is 0 Å². The topological polar surface area (TPSA) is 25.2 Å². The van der Waals surface area contributed by atoms with Crippen LogP contribution in [-0.2, 0) is 19.4 Å². The quantitative estimate of drug-likeness (QED) is 0.871. The first kappa shape index (κ1) is 13.9. The first-order valence-corrected chi connectivity index (χ1v) is 8.11. The van der Waals surface area contributed by atoms with Crippen LogP contribution in [0, 0.1) is 0 Å². The Morgan fingerprint density at radius 2 is 1.95 bits per heavy atom. The summed E-state index contributed by atoms with van der Waals surface area (Å²) in [5, 5.41) is 3.52. The van der Waals surface area contributed by atoms with E-state index >= 15 is 0 Å². The third-order valence-electron chi connectivity index (χ3n) is 4.08. The van der Waals surface area contributed by atoms with Crippen LogP contribution in [0.2, 0.25) is 0 Å². The Labute approximate surface area is 128 Å². The van der Waals surface area contributed by atoms with Crippen molar-refractivity contribution in [3.05, 3.63) is 57.5 Å². The molecule has 1 N–H and O–H groups in total. The number of nitrogens with one attached hydrogen (secondary N) is 1. The fraction of sp³-hybridized carbons (Fsp3) is 0.412. The average molecular weight is 334 g/mol. The SMILES string of the molecule is CC(NCc1ccc(Br)o1)c1ccc2c(c1)CCCC2. The van der Waals surface area contributed by atoms with Gasteiger partial charge in [-0.25, -0.2) is 0 Å². The van der Waals surface area contributed by atoms with Gasteiger partial charge in [0.25, 0.3) is 0 Å². The second-order valence-electron chi connectivity index (χ2n) is 5.54. The number of aryl methyl sites for hydroxylation is 2. The van der Waals surface area contributed by atoms with Gasteiger partial charge in [-0.3, -0.25) is 0 Å². The molecule has 3 rings (SSSR count). The summed E-state index contributed by atoms with van der Waals surface area (Å²) < 4.78 is 6.30. The zero-order chi connectivity index (χ0) is 13.9. The van der Waals surface area contributed by atoms with Gasteiger partial charge in [0, 0.05) is 6.04 Å². The van der Waals surface area contributed by atoms with Gasteiger partial charge >= 0.3 is 0 Å². The zero-order valence-corrected chi connectivity index (χ0v) is 13.4. The highest BCUT2D eigenvalue weighted by Crippen LogP contribution is 2.25. The van der Waals surface area contributed by atoms with Crippen molar-refractivity contribution in [2.45, 2.75) is 45.2 Å². The van der Waals surface area contributed by atoms with Gasteiger partial charge in [0.05, 0.1) is 6.54 Å². The summed E-state index contributed by atoms with van der Waals surface area (Å²) in [5.74, 6) is 0.960. The van der Waals surface area contributed by atoms with Gasteiger partial charge < -0.3 is 9.73 Å². The van der Waals surface area contributed by atoms with Crippen LogP contribution in [0.4, 0.5) is 0 Å². The van der Waals surface area contributed by atoms with Crippen LogP contribution in [0.15, 0.2) is 39.4 Å². The minimum absolute atomic E-state index is 0.339. The summed E-state index contributed by atoms with van der Waals surface area (Å²) in [7, 11) is 0. The van der Waals surface area contributed by atoms with Crippen LogP contribution in [0.25, 0.3) is 0 Å². The smallest absolute Gasteiger partial charge is 0.169 e. The van der Waals surface area contributed by atoms with E-state index in [4.69, 9.17) is 4.42 Å². The van der Waals surface area contributed by atoms with Crippen molar-refractivity contribution in [1.29, 1.82) is 0 Å². The lowest BCUT2D eigenvalue weighted by molar-refractivity contribution is 0.446. The molecule has 0 saturated carbocycles. The van der Waals surface area contributed by atoms with E-state index in [9.17, 15) is 0 Å². The normalized spacial score (nSPS) is 15.9. The molecule has 1 unspecified atom stereocenters. The first-order chi connectivity index (χ1) is 9.72. The second-order valence-corrected chi connectivity index (χ2v) is 6.33. The number of rotatable bonds is 4. The lowest BCUT2D eigenvalue weighted by Crippen LogP contribution is -2.18. The number of furan rings is 1. The molecule has 1 aromatic carbocycles. The van der Waals surface area contributed by atoms with E-state index in [1.807, 2.05) is 12.1 Å². The van der Waals surface area contributed by atoms with Gasteiger partial charge in [-0.2, -0.15) is 0 Å². The molecule has 2 nitrogen and oxygen atoms in total. The predicted octanol–water partition coefficient (Wildman–Crippen LogP) is 4.77. The summed E-state index contributed by atoms with van der Waals surface area (Å²) in [6, 6.07) is 11.2. The summed E-state index contributed by atoms with van der Waals surface area (Å²) in [4.78, 5) is 0. The third-order valence-corrected chi connectivity index (χ3v) is 4.51. The predicted molar refractivity (Wildman–Crippen MR) is 84.7 cm³/mol. The number of hydrogen-bond acceptors (Lipinski definition) is 2. The van der Waals surface area contributed by atoms with Crippen LogP contribution in [0.1, 0.15) is 48.3 Å². The number of halogens is 1. The van der Waals surface area contributed by atoms with Crippen LogP contribution in [0.5, 0.6) is 0 Å². The molecule has 0 radical (unpaired) electrons. The lowest BCUT2D eigenvalue weighted by atomic mass is 9.89. The Bertz CT molecular complexity index is 590. The van der Waals surface area contributed by atoms with Crippen LogP contribution >= 0.6 is 15.9 Å². The molecule has 1 aliphatic carbocycles. The largest absolute Gasteiger partial charge is 0.453 e. The molecule has 0 amide bonds. The highest BCUT2D eigenvalue weighted by Gasteiger charge is 2.12. The number of hydrogen-bond donors (Lipinski definition) is 1. The molecule has 0 bridgehead atoms. The average Bonchev–Trinajstić information content (AvgIpc) is 2.90. The molecule has 20 heavy (non-hydrogen) atoms. The highest BCUT2D eigenvalue weighted by atomic mass is 79.9. The molecule has 106 valence electrons. The summed E-state index contributed by atoms with van der Waals surface area (Å²) in [6.45, 7) is 2.96. The van der Waals surface area contributed by atoms with Gasteiger partial charge in [0.1, 0.15) is 5.76 Å². The fourth-order valence-corrected chi connectivity index (χ4v) is 3.18. The zero-order valence-electron chi connectivity index (χ0n) is 11.8. The van der Waals surface area contributed by atoms with E-state index in [2.05, 4.69) is 46.4 Å². The fourth-order valence-electron chi connectivity index (χ4n) is 2.84. The van der Waals surface area contributed by atoms with E-state index in [1.165, 1.54) is 31.2 Å². The minimum Gasteiger partial charge on any atom is -0.453 e. The van der Waals surface area contributed by atoms with E-state index in [1.54, 1.807) is 11.1 Å². The first-order valence-electron chi connectivity index (χ1n) is 7.31. The van der Waals surface area contributed by atoms with Crippen molar-refractivity contribution < 1.29 is 4.42 Å². The Kier molecular flexibility index (Phi) is 4.27. The van der Waals surface area contributed by atoms with Gasteiger partial charge in [-0.1, -0.05) is 18.2 Å². The van der Waals surface area contributed by atoms with E-state index in [0.717, 1.165) is 17.0 Å². The van der Waals surface area contributed by atoms with Crippen molar-refractivity contribution in [3.8, 4) is 0 Å². The molecule has 1 aliphatic rings. The molecule has 1 heterocycles. The highest BCUT2D eigenvalue weighted by molar-refractivity contribution is 9.10. The number of fused-ring (bicyclic) bond motifs is 1. The van der Waals surface area contributed by atoms with Gasteiger partial charge in [0.2, 0.25) is 0 Å².